The Morgan fingerprint density at radius 1 is 1.00 bits per heavy atom. The summed E-state index contributed by atoms with van der Waals surface area (Å²) in [4.78, 5) is 20.4. The molecule has 0 saturated carbocycles. The van der Waals surface area contributed by atoms with E-state index in [9.17, 15) is 4.79 Å². The zero-order valence-electron chi connectivity index (χ0n) is 17.7. The molecular formula is C23H27N5O3. The van der Waals surface area contributed by atoms with Crippen LogP contribution in [0.5, 0.6) is 5.75 Å². The number of nitrogens with two attached hydrogens (primary N) is 1. The highest BCUT2D eigenvalue weighted by molar-refractivity contribution is 5.91. The second-order valence-corrected chi connectivity index (χ2v) is 6.76. The highest BCUT2D eigenvalue weighted by Gasteiger charge is 2.11. The van der Waals surface area contributed by atoms with Gasteiger partial charge in [0.2, 0.25) is 0 Å². The predicted octanol–water partition coefficient (Wildman–Crippen LogP) is 4.90. The number of hydrogen-bond acceptors (Lipinski definition) is 8. The summed E-state index contributed by atoms with van der Waals surface area (Å²) in [6.45, 7) is 4.91. The fraction of sp³-hybridized carbons (Fsp3) is 0.261. The van der Waals surface area contributed by atoms with Crippen LogP contribution in [0, 0.1) is 0 Å². The summed E-state index contributed by atoms with van der Waals surface area (Å²) >= 11 is 0. The standard InChI is InChI=1S/C23H27N5O3/c1-3-5-13-31-19-11-9-17(10-12-19)27-21-20(24)22(26-15-25-21)28-18-8-6-7-16(14-18)23(29)30-4-2/h6-12,14-15H,3-5,13,24H2,1-2H3,(H2,25,26,27,28). The Morgan fingerprint density at radius 2 is 1.71 bits per heavy atom. The third kappa shape index (κ3) is 6.08. The molecule has 8 heteroatoms. The number of carbonyl (C=O) groups is 1. The molecule has 0 radical (unpaired) electrons. The van der Waals surface area contributed by atoms with Crippen LogP contribution in [0.2, 0.25) is 0 Å². The molecule has 2 aromatic carbocycles. The highest BCUT2D eigenvalue weighted by Crippen LogP contribution is 2.29. The first kappa shape index (κ1) is 21.9. The smallest absolute Gasteiger partial charge is 0.338 e. The van der Waals surface area contributed by atoms with E-state index in [1.807, 2.05) is 30.3 Å². The number of aromatic nitrogens is 2. The van der Waals surface area contributed by atoms with Crippen molar-refractivity contribution in [3.05, 3.63) is 60.4 Å². The first-order chi connectivity index (χ1) is 15.1. The molecule has 0 aliphatic rings. The van der Waals surface area contributed by atoms with Gasteiger partial charge in [-0.05, 0) is 55.8 Å². The lowest BCUT2D eigenvalue weighted by Gasteiger charge is -2.13. The molecule has 0 aliphatic heterocycles. The van der Waals surface area contributed by atoms with Crippen molar-refractivity contribution >= 4 is 34.7 Å². The van der Waals surface area contributed by atoms with E-state index in [-0.39, 0.29) is 5.97 Å². The Balaban J connectivity index is 1.70. The number of nitrogens with zero attached hydrogens (tertiary/aromatic N) is 2. The Labute approximate surface area is 181 Å². The topological polar surface area (TPSA) is 111 Å². The average Bonchev–Trinajstić information content (AvgIpc) is 2.78. The van der Waals surface area contributed by atoms with Gasteiger partial charge in [0.15, 0.2) is 11.6 Å². The summed E-state index contributed by atoms with van der Waals surface area (Å²) in [6.07, 6.45) is 3.53. The van der Waals surface area contributed by atoms with Crippen molar-refractivity contribution < 1.29 is 14.3 Å². The summed E-state index contributed by atoms with van der Waals surface area (Å²) in [7, 11) is 0. The second-order valence-electron chi connectivity index (χ2n) is 6.76. The maximum atomic E-state index is 12.0. The Bertz CT molecular complexity index is 1010. The van der Waals surface area contributed by atoms with E-state index in [0.717, 1.165) is 24.3 Å². The van der Waals surface area contributed by atoms with Crippen molar-refractivity contribution in [3.63, 3.8) is 0 Å². The van der Waals surface area contributed by atoms with Crippen molar-refractivity contribution in [2.75, 3.05) is 29.6 Å². The lowest BCUT2D eigenvalue weighted by atomic mass is 10.2. The molecule has 162 valence electrons. The molecule has 0 atom stereocenters. The average molecular weight is 422 g/mol. The van der Waals surface area contributed by atoms with E-state index in [0.29, 0.717) is 41.8 Å². The van der Waals surface area contributed by atoms with Gasteiger partial charge in [-0.25, -0.2) is 14.8 Å². The minimum atomic E-state index is -0.383. The number of unbranched alkanes of at least 4 members (excludes halogenated alkanes) is 1. The number of rotatable bonds is 10. The Kier molecular flexibility index (Phi) is 7.64. The van der Waals surface area contributed by atoms with Crippen molar-refractivity contribution in [3.8, 4) is 5.75 Å². The Morgan fingerprint density at radius 3 is 2.39 bits per heavy atom. The first-order valence-electron chi connectivity index (χ1n) is 10.2. The van der Waals surface area contributed by atoms with Crippen LogP contribution in [0.15, 0.2) is 54.9 Å². The van der Waals surface area contributed by atoms with Crippen molar-refractivity contribution in [1.29, 1.82) is 0 Å². The van der Waals surface area contributed by atoms with Gasteiger partial charge in [-0.2, -0.15) is 0 Å². The first-order valence-corrected chi connectivity index (χ1v) is 10.2. The molecule has 0 saturated heterocycles. The number of anilines is 5. The van der Waals surface area contributed by atoms with Crippen LogP contribution in [0.25, 0.3) is 0 Å². The fourth-order valence-electron chi connectivity index (χ4n) is 2.78. The zero-order valence-corrected chi connectivity index (χ0v) is 17.7. The Hall–Kier alpha value is -3.81. The van der Waals surface area contributed by atoms with Gasteiger partial charge >= 0.3 is 5.97 Å². The van der Waals surface area contributed by atoms with Crippen molar-refractivity contribution in [1.82, 2.24) is 9.97 Å². The molecule has 8 nitrogen and oxygen atoms in total. The van der Waals surface area contributed by atoms with Crippen LogP contribution in [0.1, 0.15) is 37.0 Å². The van der Waals surface area contributed by atoms with Gasteiger partial charge in [0.1, 0.15) is 17.8 Å². The number of nitrogen functional groups attached to an aromatic ring is 1. The number of esters is 1. The van der Waals surface area contributed by atoms with E-state index in [2.05, 4.69) is 27.5 Å². The monoisotopic (exact) mass is 421 g/mol. The van der Waals surface area contributed by atoms with Gasteiger partial charge in [-0.15, -0.1) is 0 Å². The molecule has 0 bridgehead atoms. The highest BCUT2D eigenvalue weighted by atomic mass is 16.5. The molecule has 4 N–H and O–H groups in total. The molecule has 3 rings (SSSR count). The summed E-state index contributed by atoms with van der Waals surface area (Å²) in [5.74, 6) is 1.33. The summed E-state index contributed by atoms with van der Waals surface area (Å²) in [5, 5.41) is 6.32. The summed E-state index contributed by atoms with van der Waals surface area (Å²) < 4.78 is 10.7. The zero-order chi connectivity index (χ0) is 22.1. The van der Waals surface area contributed by atoms with Crippen LogP contribution < -0.4 is 21.1 Å². The number of ether oxygens (including phenoxy) is 2. The molecule has 0 spiro atoms. The number of carbonyl (C=O) groups excluding carboxylic acids is 1. The van der Waals surface area contributed by atoms with Gasteiger partial charge < -0.3 is 25.8 Å². The summed E-state index contributed by atoms with van der Waals surface area (Å²) in [5.41, 5.74) is 8.55. The van der Waals surface area contributed by atoms with Gasteiger partial charge in [0.05, 0.1) is 18.8 Å². The minimum Gasteiger partial charge on any atom is -0.494 e. The number of nitrogens with one attached hydrogen (secondary N) is 2. The van der Waals surface area contributed by atoms with E-state index in [4.69, 9.17) is 15.2 Å². The number of hydrogen-bond donors (Lipinski definition) is 3. The maximum absolute atomic E-state index is 12.0. The fourth-order valence-corrected chi connectivity index (χ4v) is 2.78. The van der Waals surface area contributed by atoms with Crippen molar-refractivity contribution in [2.45, 2.75) is 26.7 Å². The molecule has 0 amide bonds. The minimum absolute atomic E-state index is 0.316. The van der Waals surface area contributed by atoms with Crippen LogP contribution in [-0.4, -0.2) is 29.2 Å². The van der Waals surface area contributed by atoms with E-state index in [1.165, 1.54) is 6.33 Å². The third-order valence-electron chi connectivity index (χ3n) is 4.40. The molecule has 31 heavy (non-hydrogen) atoms. The number of benzene rings is 2. The molecule has 0 fully saturated rings. The van der Waals surface area contributed by atoms with E-state index >= 15 is 0 Å². The lowest BCUT2D eigenvalue weighted by Crippen LogP contribution is -2.07. The van der Waals surface area contributed by atoms with Gasteiger partial charge in [0.25, 0.3) is 0 Å². The molecule has 1 heterocycles. The van der Waals surface area contributed by atoms with Gasteiger partial charge in [-0.3, -0.25) is 0 Å². The van der Waals surface area contributed by atoms with Crippen LogP contribution in [-0.2, 0) is 4.74 Å². The molecule has 3 aromatic rings. The second kappa shape index (κ2) is 10.8. The van der Waals surface area contributed by atoms with E-state index in [1.54, 1.807) is 25.1 Å². The maximum Gasteiger partial charge on any atom is 0.338 e. The predicted molar refractivity (Wildman–Crippen MR) is 122 cm³/mol. The third-order valence-corrected chi connectivity index (χ3v) is 4.40. The van der Waals surface area contributed by atoms with Crippen molar-refractivity contribution in [2.24, 2.45) is 0 Å². The van der Waals surface area contributed by atoms with Crippen LogP contribution in [0.3, 0.4) is 0 Å². The van der Waals surface area contributed by atoms with Crippen LogP contribution in [0.4, 0.5) is 28.7 Å². The normalized spacial score (nSPS) is 10.4. The molecule has 0 aliphatic carbocycles. The van der Waals surface area contributed by atoms with Crippen LogP contribution >= 0.6 is 0 Å². The lowest BCUT2D eigenvalue weighted by molar-refractivity contribution is 0.0526. The summed E-state index contributed by atoms with van der Waals surface area (Å²) in [6, 6.07) is 14.5. The largest absolute Gasteiger partial charge is 0.494 e. The molecular weight excluding hydrogens is 394 g/mol. The quantitative estimate of drug-likeness (QED) is 0.313. The van der Waals surface area contributed by atoms with Gasteiger partial charge in [-0.1, -0.05) is 19.4 Å². The van der Waals surface area contributed by atoms with Gasteiger partial charge in [0, 0.05) is 11.4 Å². The van der Waals surface area contributed by atoms with E-state index < -0.39 is 0 Å². The molecule has 0 unspecified atom stereocenters. The molecule has 1 aromatic heterocycles. The SMILES string of the molecule is CCCCOc1ccc(Nc2ncnc(Nc3cccc(C(=O)OCC)c3)c2N)cc1.